The molecular formula is C8H17Cl2N. The van der Waals surface area contributed by atoms with Gasteiger partial charge in [-0.05, 0) is 32.9 Å². The lowest BCUT2D eigenvalue weighted by Gasteiger charge is -2.31. The third kappa shape index (κ3) is 3.64. The molecule has 1 aliphatic heterocycles. The zero-order chi connectivity index (χ0) is 7.40. The Morgan fingerprint density at radius 3 is 2.73 bits per heavy atom. The van der Waals surface area contributed by atoms with Crippen LogP contribution in [-0.4, -0.2) is 30.4 Å². The van der Waals surface area contributed by atoms with Gasteiger partial charge in [-0.3, -0.25) is 0 Å². The van der Waals surface area contributed by atoms with Gasteiger partial charge >= 0.3 is 0 Å². The van der Waals surface area contributed by atoms with Gasteiger partial charge in [-0.2, -0.15) is 0 Å². The lowest BCUT2D eigenvalue weighted by Crippen LogP contribution is -2.36. The van der Waals surface area contributed by atoms with Gasteiger partial charge in [0.15, 0.2) is 0 Å². The Kier molecular flexibility index (Phi) is 6.40. The van der Waals surface area contributed by atoms with Crippen LogP contribution in [0.25, 0.3) is 0 Å². The molecule has 0 spiro atoms. The van der Waals surface area contributed by atoms with Gasteiger partial charge in [0.2, 0.25) is 0 Å². The fourth-order valence-corrected chi connectivity index (χ4v) is 1.89. The molecule has 11 heavy (non-hydrogen) atoms. The normalized spacial score (nSPS) is 26.2. The van der Waals surface area contributed by atoms with Crippen LogP contribution in [-0.2, 0) is 0 Å². The van der Waals surface area contributed by atoms with E-state index in [1.165, 1.54) is 25.8 Å². The van der Waals surface area contributed by atoms with Crippen molar-refractivity contribution in [1.82, 2.24) is 4.90 Å². The van der Waals surface area contributed by atoms with E-state index in [9.17, 15) is 0 Å². The van der Waals surface area contributed by atoms with Crippen LogP contribution in [0.3, 0.4) is 0 Å². The smallest absolute Gasteiger partial charge is 0.0238 e. The Morgan fingerprint density at radius 1 is 1.45 bits per heavy atom. The monoisotopic (exact) mass is 197 g/mol. The van der Waals surface area contributed by atoms with Gasteiger partial charge in [-0.15, -0.1) is 24.0 Å². The molecule has 1 rings (SSSR count). The maximum absolute atomic E-state index is 5.67. The van der Waals surface area contributed by atoms with E-state index in [0.29, 0.717) is 0 Å². The molecule has 1 fully saturated rings. The number of nitrogens with zero attached hydrogens (tertiary/aromatic N) is 1. The average Bonchev–Trinajstić information content (AvgIpc) is 1.94. The van der Waals surface area contributed by atoms with Crippen LogP contribution in [0.4, 0.5) is 0 Å². The lowest BCUT2D eigenvalue weighted by atomic mass is 10.0. The molecule has 1 unspecified atom stereocenters. The summed E-state index contributed by atoms with van der Waals surface area (Å²) in [5, 5.41) is 0. The lowest BCUT2D eigenvalue weighted by molar-refractivity contribution is 0.182. The average molecular weight is 198 g/mol. The van der Waals surface area contributed by atoms with Crippen LogP contribution in [0, 0.1) is 0 Å². The van der Waals surface area contributed by atoms with Crippen molar-refractivity contribution in [2.45, 2.75) is 31.7 Å². The number of piperidine rings is 1. The van der Waals surface area contributed by atoms with E-state index in [1.807, 2.05) is 0 Å². The first-order valence-electron chi connectivity index (χ1n) is 4.11. The van der Waals surface area contributed by atoms with E-state index in [-0.39, 0.29) is 12.4 Å². The summed E-state index contributed by atoms with van der Waals surface area (Å²) in [5.74, 6) is 0.814. The van der Waals surface area contributed by atoms with Gasteiger partial charge < -0.3 is 4.90 Å². The van der Waals surface area contributed by atoms with E-state index >= 15 is 0 Å². The summed E-state index contributed by atoms with van der Waals surface area (Å²) in [7, 11) is 2.20. The number of likely N-dealkylation sites (tertiary alicyclic amines) is 1. The Morgan fingerprint density at radius 2 is 2.18 bits per heavy atom. The van der Waals surface area contributed by atoms with E-state index in [1.54, 1.807) is 0 Å². The van der Waals surface area contributed by atoms with E-state index in [0.717, 1.165) is 18.3 Å². The van der Waals surface area contributed by atoms with Crippen LogP contribution in [0.5, 0.6) is 0 Å². The van der Waals surface area contributed by atoms with Crippen molar-refractivity contribution in [3.8, 4) is 0 Å². The summed E-state index contributed by atoms with van der Waals surface area (Å²) < 4.78 is 0. The first-order chi connectivity index (χ1) is 4.84. The maximum atomic E-state index is 5.67. The Hall–Kier alpha value is 0.540. The van der Waals surface area contributed by atoms with Crippen molar-refractivity contribution >= 4 is 24.0 Å². The predicted octanol–water partition coefficient (Wildman–Crippen LogP) is 2.52. The standard InChI is InChI=1S/C8H16ClN.ClH/c1-10-7-3-2-4-8(10)5-6-9;/h8H,2-7H2,1H3;1H. The first kappa shape index (κ1) is 11.5. The van der Waals surface area contributed by atoms with Crippen molar-refractivity contribution in [1.29, 1.82) is 0 Å². The first-order valence-corrected chi connectivity index (χ1v) is 4.64. The molecule has 0 aromatic heterocycles. The number of hydrogen-bond acceptors (Lipinski definition) is 1. The minimum atomic E-state index is 0. The van der Waals surface area contributed by atoms with E-state index < -0.39 is 0 Å². The molecule has 0 radical (unpaired) electrons. The van der Waals surface area contributed by atoms with Crippen LogP contribution in [0.15, 0.2) is 0 Å². The second-order valence-electron chi connectivity index (χ2n) is 3.11. The summed E-state index contributed by atoms with van der Waals surface area (Å²) >= 11 is 5.67. The van der Waals surface area contributed by atoms with Crippen molar-refractivity contribution in [2.24, 2.45) is 0 Å². The fourth-order valence-electron chi connectivity index (χ4n) is 1.63. The van der Waals surface area contributed by atoms with Gasteiger partial charge in [0.05, 0.1) is 0 Å². The molecule has 1 aliphatic rings. The highest BCUT2D eigenvalue weighted by Gasteiger charge is 2.17. The van der Waals surface area contributed by atoms with Gasteiger partial charge in [0.25, 0.3) is 0 Å². The quantitative estimate of drug-likeness (QED) is 0.616. The molecule has 1 atom stereocenters. The number of hydrogen-bond donors (Lipinski definition) is 0. The summed E-state index contributed by atoms with van der Waals surface area (Å²) in [6, 6.07) is 0.770. The molecule has 68 valence electrons. The molecule has 1 nitrogen and oxygen atoms in total. The molecular weight excluding hydrogens is 181 g/mol. The topological polar surface area (TPSA) is 3.24 Å². The fraction of sp³-hybridized carbons (Fsp3) is 1.00. The highest BCUT2D eigenvalue weighted by Crippen LogP contribution is 2.17. The van der Waals surface area contributed by atoms with Gasteiger partial charge in [-0.1, -0.05) is 6.42 Å². The van der Waals surface area contributed by atoms with Crippen LogP contribution < -0.4 is 0 Å². The Balaban J connectivity index is 0.000001000. The largest absolute Gasteiger partial charge is 0.303 e. The van der Waals surface area contributed by atoms with Crippen molar-refractivity contribution in [3.05, 3.63) is 0 Å². The Bertz CT molecular complexity index is 96.1. The van der Waals surface area contributed by atoms with Crippen molar-refractivity contribution in [3.63, 3.8) is 0 Å². The van der Waals surface area contributed by atoms with Crippen molar-refractivity contribution < 1.29 is 0 Å². The minimum Gasteiger partial charge on any atom is -0.303 e. The summed E-state index contributed by atoms with van der Waals surface area (Å²) in [4.78, 5) is 2.44. The zero-order valence-electron chi connectivity index (χ0n) is 7.05. The second kappa shape index (κ2) is 6.10. The second-order valence-corrected chi connectivity index (χ2v) is 3.49. The SMILES string of the molecule is CN1CCCCC1CCCl.Cl. The van der Waals surface area contributed by atoms with Crippen LogP contribution in [0.2, 0.25) is 0 Å². The van der Waals surface area contributed by atoms with Crippen LogP contribution >= 0.6 is 24.0 Å². The third-order valence-electron chi connectivity index (χ3n) is 2.36. The number of alkyl halides is 1. The molecule has 0 amide bonds. The minimum absolute atomic E-state index is 0. The van der Waals surface area contributed by atoms with Gasteiger partial charge in [0, 0.05) is 11.9 Å². The molecule has 0 aromatic carbocycles. The molecule has 0 bridgehead atoms. The Labute approximate surface area is 80.5 Å². The molecule has 1 heterocycles. The highest BCUT2D eigenvalue weighted by atomic mass is 35.5. The molecule has 1 saturated heterocycles. The predicted molar refractivity (Wildman–Crippen MR) is 52.9 cm³/mol. The van der Waals surface area contributed by atoms with Gasteiger partial charge in [0.1, 0.15) is 0 Å². The van der Waals surface area contributed by atoms with E-state index in [4.69, 9.17) is 11.6 Å². The number of halogens is 2. The van der Waals surface area contributed by atoms with Crippen molar-refractivity contribution in [2.75, 3.05) is 19.5 Å². The molecule has 0 saturated carbocycles. The summed E-state index contributed by atoms with van der Waals surface area (Å²) in [6.07, 6.45) is 5.28. The maximum Gasteiger partial charge on any atom is 0.0238 e. The molecule has 3 heteroatoms. The molecule has 0 N–H and O–H groups in total. The highest BCUT2D eigenvalue weighted by molar-refractivity contribution is 6.17. The van der Waals surface area contributed by atoms with E-state index in [2.05, 4.69) is 11.9 Å². The summed E-state index contributed by atoms with van der Waals surface area (Å²) in [5.41, 5.74) is 0. The zero-order valence-corrected chi connectivity index (χ0v) is 8.63. The molecule has 0 aromatic rings. The molecule has 0 aliphatic carbocycles. The van der Waals surface area contributed by atoms with Gasteiger partial charge in [-0.25, -0.2) is 0 Å². The van der Waals surface area contributed by atoms with Crippen LogP contribution in [0.1, 0.15) is 25.7 Å². The third-order valence-corrected chi connectivity index (χ3v) is 2.58. The number of rotatable bonds is 2. The summed E-state index contributed by atoms with van der Waals surface area (Å²) in [6.45, 7) is 1.27.